The van der Waals surface area contributed by atoms with E-state index in [1.807, 2.05) is 19.0 Å². The number of carbonyl (C=O) groups excluding carboxylic acids is 1. The van der Waals surface area contributed by atoms with Gasteiger partial charge in [0.1, 0.15) is 0 Å². The average Bonchev–Trinajstić information content (AvgIpc) is 2.20. The van der Waals surface area contributed by atoms with Gasteiger partial charge in [0, 0.05) is 6.54 Å². The van der Waals surface area contributed by atoms with Gasteiger partial charge in [-0.25, -0.2) is 0 Å². The van der Waals surface area contributed by atoms with E-state index < -0.39 is 0 Å². The molecule has 0 aromatic carbocycles. The van der Waals surface area contributed by atoms with Crippen molar-refractivity contribution in [3.05, 3.63) is 0 Å². The van der Waals surface area contributed by atoms with Gasteiger partial charge in [0.25, 0.3) is 0 Å². The molecule has 0 spiro atoms. The van der Waals surface area contributed by atoms with Gasteiger partial charge >= 0.3 is 0 Å². The smallest absolute Gasteiger partial charge is 0.234 e. The Labute approximate surface area is 98.6 Å². The third kappa shape index (κ3) is 3.19. The molecule has 1 aliphatic rings. The van der Waals surface area contributed by atoms with Crippen molar-refractivity contribution in [3.63, 3.8) is 0 Å². The minimum Gasteiger partial charge on any atom is -0.348 e. The van der Waals surface area contributed by atoms with Gasteiger partial charge in [0.05, 0.1) is 12.1 Å². The third-order valence-corrected chi connectivity index (χ3v) is 3.67. The number of carbonyl (C=O) groups is 1. The average molecular weight is 227 g/mol. The summed E-state index contributed by atoms with van der Waals surface area (Å²) >= 11 is 0. The summed E-state index contributed by atoms with van der Waals surface area (Å²) in [6, 6.07) is 0. The van der Waals surface area contributed by atoms with Gasteiger partial charge in [0.2, 0.25) is 5.91 Å². The molecule has 1 fully saturated rings. The van der Waals surface area contributed by atoms with E-state index in [0.29, 0.717) is 19.0 Å². The van der Waals surface area contributed by atoms with E-state index in [2.05, 4.69) is 12.2 Å². The van der Waals surface area contributed by atoms with Gasteiger partial charge < -0.3 is 16.0 Å². The van der Waals surface area contributed by atoms with Crippen LogP contribution in [0.4, 0.5) is 0 Å². The summed E-state index contributed by atoms with van der Waals surface area (Å²) < 4.78 is 0. The molecule has 0 saturated heterocycles. The van der Waals surface area contributed by atoms with Crippen molar-refractivity contribution in [2.75, 3.05) is 27.2 Å². The molecular formula is C12H25N3O. The lowest BCUT2D eigenvalue weighted by molar-refractivity contribution is -0.124. The van der Waals surface area contributed by atoms with E-state index in [1.54, 1.807) is 0 Å². The summed E-state index contributed by atoms with van der Waals surface area (Å²) in [6.45, 7) is 3.18. The lowest BCUT2D eigenvalue weighted by Gasteiger charge is -2.42. The van der Waals surface area contributed by atoms with Gasteiger partial charge in [-0.15, -0.1) is 0 Å². The van der Waals surface area contributed by atoms with E-state index in [-0.39, 0.29) is 11.4 Å². The molecule has 0 heterocycles. The van der Waals surface area contributed by atoms with Crippen molar-refractivity contribution in [1.29, 1.82) is 0 Å². The van der Waals surface area contributed by atoms with E-state index in [0.717, 1.165) is 6.42 Å². The van der Waals surface area contributed by atoms with Gasteiger partial charge in [-0.3, -0.25) is 4.79 Å². The molecule has 2 atom stereocenters. The Kier molecular flexibility index (Phi) is 4.74. The first kappa shape index (κ1) is 13.5. The number of nitrogens with two attached hydrogens (primary N) is 1. The van der Waals surface area contributed by atoms with Crippen LogP contribution in [0.1, 0.15) is 32.6 Å². The quantitative estimate of drug-likeness (QED) is 0.738. The second-order valence-corrected chi connectivity index (χ2v) is 5.29. The highest BCUT2D eigenvalue weighted by Crippen LogP contribution is 2.32. The topological polar surface area (TPSA) is 58.4 Å². The van der Waals surface area contributed by atoms with E-state index in [4.69, 9.17) is 5.73 Å². The Morgan fingerprint density at radius 2 is 2.19 bits per heavy atom. The first-order chi connectivity index (χ1) is 7.50. The van der Waals surface area contributed by atoms with Gasteiger partial charge in [-0.1, -0.05) is 19.8 Å². The molecule has 0 aromatic rings. The summed E-state index contributed by atoms with van der Waals surface area (Å²) in [5.74, 6) is 0.571. The van der Waals surface area contributed by atoms with E-state index >= 15 is 0 Å². The van der Waals surface area contributed by atoms with Crippen molar-refractivity contribution in [2.45, 2.75) is 38.1 Å². The van der Waals surface area contributed by atoms with Crippen molar-refractivity contribution >= 4 is 5.91 Å². The summed E-state index contributed by atoms with van der Waals surface area (Å²) in [6.07, 6.45) is 4.61. The zero-order valence-corrected chi connectivity index (χ0v) is 10.8. The standard InChI is InChI=1S/C12H25N3O/c1-10-6-4-5-7-12(10,9-13)14-11(16)8-15(2)3/h10H,4-9,13H2,1-3H3,(H,14,16). The van der Waals surface area contributed by atoms with Crippen molar-refractivity contribution in [1.82, 2.24) is 10.2 Å². The third-order valence-electron chi connectivity index (χ3n) is 3.67. The minimum atomic E-state index is -0.161. The van der Waals surface area contributed by atoms with Crippen LogP contribution >= 0.6 is 0 Å². The zero-order chi connectivity index (χ0) is 12.2. The highest BCUT2D eigenvalue weighted by atomic mass is 16.2. The lowest BCUT2D eigenvalue weighted by Crippen LogP contribution is -2.60. The summed E-state index contributed by atoms with van der Waals surface area (Å²) in [4.78, 5) is 13.7. The molecule has 1 rings (SSSR count). The number of nitrogens with one attached hydrogen (secondary N) is 1. The molecular weight excluding hydrogens is 202 g/mol. The van der Waals surface area contributed by atoms with Crippen LogP contribution in [0.5, 0.6) is 0 Å². The molecule has 0 aromatic heterocycles. The molecule has 3 N–H and O–H groups in total. The van der Waals surface area contributed by atoms with Crippen molar-refractivity contribution < 1.29 is 4.79 Å². The maximum Gasteiger partial charge on any atom is 0.234 e. The molecule has 4 heteroatoms. The molecule has 94 valence electrons. The van der Waals surface area contributed by atoms with Crippen LogP contribution in [0.3, 0.4) is 0 Å². The number of hydrogen-bond donors (Lipinski definition) is 2. The molecule has 4 nitrogen and oxygen atoms in total. The number of rotatable bonds is 4. The monoisotopic (exact) mass is 227 g/mol. The van der Waals surface area contributed by atoms with Gasteiger partial charge in [-0.05, 0) is 32.9 Å². The van der Waals surface area contributed by atoms with Crippen LogP contribution in [0.2, 0.25) is 0 Å². The van der Waals surface area contributed by atoms with Crippen molar-refractivity contribution in [3.8, 4) is 0 Å². The predicted molar refractivity (Wildman–Crippen MR) is 66.1 cm³/mol. The number of likely N-dealkylation sites (N-methyl/N-ethyl adjacent to an activating group) is 1. The molecule has 1 saturated carbocycles. The van der Waals surface area contributed by atoms with Crippen LogP contribution in [-0.4, -0.2) is 43.5 Å². The Morgan fingerprint density at radius 1 is 1.50 bits per heavy atom. The summed E-state index contributed by atoms with van der Waals surface area (Å²) in [7, 11) is 3.80. The highest BCUT2D eigenvalue weighted by molar-refractivity contribution is 5.78. The van der Waals surface area contributed by atoms with E-state index in [1.165, 1.54) is 19.3 Å². The van der Waals surface area contributed by atoms with Crippen LogP contribution in [0.25, 0.3) is 0 Å². The Balaban J connectivity index is 2.61. The Bertz CT molecular complexity index is 242. The molecule has 0 bridgehead atoms. The SMILES string of the molecule is CC1CCCCC1(CN)NC(=O)CN(C)C. The minimum absolute atomic E-state index is 0.0872. The van der Waals surface area contributed by atoms with Gasteiger partial charge in [0.15, 0.2) is 0 Å². The first-order valence-electron chi connectivity index (χ1n) is 6.16. The van der Waals surface area contributed by atoms with Gasteiger partial charge in [-0.2, -0.15) is 0 Å². The predicted octanol–water partition coefficient (Wildman–Crippen LogP) is 0.572. The molecule has 2 unspecified atom stereocenters. The Hall–Kier alpha value is -0.610. The normalized spacial score (nSPS) is 30.4. The second kappa shape index (κ2) is 5.64. The van der Waals surface area contributed by atoms with E-state index in [9.17, 15) is 4.79 Å². The van der Waals surface area contributed by atoms with Crippen molar-refractivity contribution in [2.24, 2.45) is 11.7 Å². The fourth-order valence-corrected chi connectivity index (χ4v) is 2.56. The highest BCUT2D eigenvalue weighted by Gasteiger charge is 2.38. The largest absolute Gasteiger partial charge is 0.348 e. The van der Waals surface area contributed by atoms with Crippen LogP contribution < -0.4 is 11.1 Å². The molecule has 0 radical (unpaired) electrons. The van der Waals surface area contributed by atoms with Crippen LogP contribution in [0.15, 0.2) is 0 Å². The zero-order valence-electron chi connectivity index (χ0n) is 10.8. The summed E-state index contributed by atoms with van der Waals surface area (Å²) in [5, 5.41) is 3.16. The maximum absolute atomic E-state index is 11.8. The molecule has 1 amide bonds. The lowest BCUT2D eigenvalue weighted by atomic mass is 9.73. The van der Waals surface area contributed by atoms with Crippen LogP contribution in [0, 0.1) is 5.92 Å². The van der Waals surface area contributed by atoms with Crippen LogP contribution in [-0.2, 0) is 4.79 Å². The second-order valence-electron chi connectivity index (χ2n) is 5.29. The Morgan fingerprint density at radius 3 is 2.69 bits per heavy atom. The summed E-state index contributed by atoms with van der Waals surface area (Å²) in [5.41, 5.74) is 5.72. The molecule has 16 heavy (non-hydrogen) atoms. The fraction of sp³-hybridized carbons (Fsp3) is 0.917. The molecule has 0 aliphatic heterocycles. The fourth-order valence-electron chi connectivity index (χ4n) is 2.56. The number of amides is 1. The number of hydrogen-bond acceptors (Lipinski definition) is 3. The number of nitrogens with zero attached hydrogens (tertiary/aromatic N) is 1. The first-order valence-corrected chi connectivity index (χ1v) is 6.16. The molecule has 1 aliphatic carbocycles. The maximum atomic E-state index is 11.8.